The Morgan fingerprint density at radius 3 is 2.89 bits per heavy atom. The molecule has 0 saturated carbocycles. The van der Waals surface area contributed by atoms with E-state index < -0.39 is 17.9 Å². The number of carbonyl (C=O) groups is 3. The maximum atomic E-state index is 12.2. The molecular formula is C19H24N2O6. The first-order valence-corrected chi connectivity index (χ1v) is 9.18. The zero-order chi connectivity index (χ0) is 19.2. The Morgan fingerprint density at radius 1 is 1.37 bits per heavy atom. The highest BCUT2D eigenvalue weighted by molar-refractivity contribution is 5.95. The Kier molecular flexibility index (Phi) is 6.28. The number of carboxylic acid groups (broad SMARTS) is 1. The van der Waals surface area contributed by atoms with E-state index in [-0.39, 0.29) is 18.4 Å². The van der Waals surface area contributed by atoms with Gasteiger partial charge in [0.2, 0.25) is 5.91 Å². The Labute approximate surface area is 157 Å². The van der Waals surface area contributed by atoms with E-state index in [0.717, 1.165) is 18.5 Å². The van der Waals surface area contributed by atoms with Crippen molar-refractivity contribution in [2.45, 2.75) is 31.7 Å². The number of rotatable bonds is 7. The van der Waals surface area contributed by atoms with Gasteiger partial charge in [0.1, 0.15) is 11.8 Å². The predicted molar refractivity (Wildman–Crippen MR) is 96.6 cm³/mol. The number of nitrogens with zero attached hydrogens (tertiary/aromatic N) is 1. The quantitative estimate of drug-likeness (QED) is 0.741. The van der Waals surface area contributed by atoms with Crippen LogP contribution in [0.5, 0.6) is 5.75 Å². The highest BCUT2D eigenvalue weighted by atomic mass is 16.5. The summed E-state index contributed by atoms with van der Waals surface area (Å²) < 4.78 is 10.8. The second-order valence-electron chi connectivity index (χ2n) is 6.80. The first kappa shape index (κ1) is 19.2. The minimum absolute atomic E-state index is 0.0730. The van der Waals surface area contributed by atoms with Crippen LogP contribution in [0.4, 0.5) is 5.69 Å². The van der Waals surface area contributed by atoms with Crippen molar-refractivity contribution >= 4 is 23.5 Å². The van der Waals surface area contributed by atoms with Crippen molar-refractivity contribution in [3.63, 3.8) is 0 Å². The van der Waals surface area contributed by atoms with Crippen molar-refractivity contribution in [3.8, 4) is 5.75 Å². The molecule has 0 spiro atoms. The molecule has 0 bridgehead atoms. The van der Waals surface area contributed by atoms with Crippen molar-refractivity contribution in [3.05, 3.63) is 24.3 Å². The molecule has 2 aliphatic rings. The fourth-order valence-corrected chi connectivity index (χ4v) is 3.44. The average molecular weight is 376 g/mol. The molecule has 146 valence electrons. The summed E-state index contributed by atoms with van der Waals surface area (Å²) in [6.45, 7) is 1.32. The lowest BCUT2D eigenvalue weighted by atomic mass is 9.93. The summed E-state index contributed by atoms with van der Waals surface area (Å²) in [6.07, 6.45) is 2.84. The molecule has 2 heterocycles. The number of benzene rings is 1. The highest BCUT2D eigenvalue weighted by Gasteiger charge is 2.31. The maximum Gasteiger partial charge on any atom is 0.326 e. The monoisotopic (exact) mass is 376 g/mol. The molecule has 2 N–H and O–H groups in total. The number of ether oxygens (including phenoxy) is 2. The van der Waals surface area contributed by atoms with Crippen molar-refractivity contribution < 1.29 is 29.0 Å². The number of anilines is 1. The zero-order valence-corrected chi connectivity index (χ0v) is 15.1. The Balaban J connectivity index is 1.55. The molecule has 0 aliphatic carbocycles. The third-order valence-corrected chi connectivity index (χ3v) is 4.82. The lowest BCUT2D eigenvalue weighted by Crippen LogP contribution is -2.49. The van der Waals surface area contributed by atoms with Gasteiger partial charge in [0, 0.05) is 37.2 Å². The van der Waals surface area contributed by atoms with Gasteiger partial charge in [-0.3, -0.25) is 9.59 Å². The van der Waals surface area contributed by atoms with Crippen LogP contribution in [0.15, 0.2) is 24.3 Å². The van der Waals surface area contributed by atoms with Crippen LogP contribution in [0.1, 0.15) is 25.7 Å². The summed E-state index contributed by atoms with van der Waals surface area (Å²) in [7, 11) is 0. The smallest absolute Gasteiger partial charge is 0.326 e. The van der Waals surface area contributed by atoms with Gasteiger partial charge in [0.15, 0.2) is 6.61 Å². The highest BCUT2D eigenvalue weighted by Crippen LogP contribution is 2.25. The molecule has 0 radical (unpaired) electrons. The summed E-state index contributed by atoms with van der Waals surface area (Å²) in [6, 6.07) is 5.99. The van der Waals surface area contributed by atoms with E-state index in [1.807, 2.05) is 6.07 Å². The lowest BCUT2D eigenvalue weighted by molar-refractivity contribution is -0.145. The first-order chi connectivity index (χ1) is 13.0. The van der Waals surface area contributed by atoms with E-state index in [4.69, 9.17) is 9.47 Å². The Hall–Kier alpha value is -2.61. The van der Waals surface area contributed by atoms with Crippen LogP contribution < -0.4 is 15.0 Å². The number of amides is 2. The minimum Gasteiger partial charge on any atom is -0.484 e. The topological polar surface area (TPSA) is 105 Å². The van der Waals surface area contributed by atoms with E-state index in [1.165, 1.54) is 0 Å². The Bertz CT molecular complexity index is 701. The first-order valence-electron chi connectivity index (χ1n) is 9.18. The maximum absolute atomic E-state index is 12.2. The van der Waals surface area contributed by atoms with Crippen molar-refractivity contribution in [1.29, 1.82) is 0 Å². The molecule has 2 unspecified atom stereocenters. The van der Waals surface area contributed by atoms with Crippen LogP contribution in [0.25, 0.3) is 0 Å². The van der Waals surface area contributed by atoms with Gasteiger partial charge in [0.05, 0.1) is 6.61 Å². The van der Waals surface area contributed by atoms with E-state index in [1.54, 1.807) is 23.1 Å². The molecule has 2 amide bonds. The van der Waals surface area contributed by atoms with Crippen molar-refractivity contribution in [2.24, 2.45) is 5.92 Å². The number of hydrogen-bond donors (Lipinski definition) is 2. The molecule has 0 aromatic heterocycles. The van der Waals surface area contributed by atoms with Gasteiger partial charge in [-0.25, -0.2) is 4.79 Å². The van der Waals surface area contributed by atoms with Crippen LogP contribution in [0, 0.1) is 5.92 Å². The van der Waals surface area contributed by atoms with Gasteiger partial charge in [0.25, 0.3) is 5.91 Å². The van der Waals surface area contributed by atoms with Gasteiger partial charge in [-0.15, -0.1) is 0 Å². The fraction of sp³-hybridized carbons (Fsp3) is 0.526. The van der Waals surface area contributed by atoms with Crippen LogP contribution in [-0.2, 0) is 19.1 Å². The van der Waals surface area contributed by atoms with Gasteiger partial charge < -0.3 is 24.8 Å². The molecule has 2 aliphatic heterocycles. The summed E-state index contributed by atoms with van der Waals surface area (Å²) in [5, 5.41) is 11.9. The molecule has 2 fully saturated rings. The number of nitrogens with one attached hydrogen (secondary N) is 1. The molecular weight excluding hydrogens is 352 g/mol. The van der Waals surface area contributed by atoms with E-state index in [9.17, 15) is 19.5 Å². The fourth-order valence-electron chi connectivity index (χ4n) is 3.44. The van der Waals surface area contributed by atoms with Crippen LogP contribution in [0.2, 0.25) is 0 Å². The molecule has 3 rings (SSSR count). The summed E-state index contributed by atoms with van der Waals surface area (Å²) >= 11 is 0. The van der Waals surface area contributed by atoms with Gasteiger partial charge in [-0.2, -0.15) is 0 Å². The molecule has 1 aromatic rings. The zero-order valence-electron chi connectivity index (χ0n) is 15.1. The second kappa shape index (κ2) is 8.85. The number of carboxylic acids is 1. The standard InChI is InChI=1S/C19H24N2O6/c22-16(20-18(19(24)25)13-4-3-9-26-11-13)12-27-15-6-1-5-14(10-15)21-8-2-7-17(21)23/h1,5-6,10,13,18H,2-4,7-9,11-12H2,(H,20,22)(H,24,25). The third kappa shape index (κ3) is 4.97. The summed E-state index contributed by atoms with van der Waals surface area (Å²) in [5.74, 6) is -1.30. The molecule has 1 aromatic carbocycles. The van der Waals surface area contributed by atoms with Gasteiger partial charge in [-0.1, -0.05) is 6.07 Å². The van der Waals surface area contributed by atoms with Crippen molar-refractivity contribution in [1.82, 2.24) is 5.32 Å². The van der Waals surface area contributed by atoms with Crippen LogP contribution in [0.3, 0.4) is 0 Å². The number of carbonyl (C=O) groups excluding carboxylic acids is 2. The Morgan fingerprint density at radius 2 is 2.22 bits per heavy atom. The molecule has 27 heavy (non-hydrogen) atoms. The van der Waals surface area contributed by atoms with E-state index >= 15 is 0 Å². The molecule has 2 atom stereocenters. The minimum atomic E-state index is -1.08. The average Bonchev–Trinajstić information content (AvgIpc) is 3.11. The van der Waals surface area contributed by atoms with Gasteiger partial charge >= 0.3 is 5.97 Å². The predicted octanol–water partition coefficient (Wildman–Crippen LogP) is 1.19. The molecule has 8 heteroatoms. The van der Waals surface area contributed by atoms with E-state index in [2.05, 4.69) is 5.32 Å². The molecule has 2 saturated heterocycles. The second-order valence-corrected chi connectivity index (χ2v) is 6.80. The SMILES string of the molecule is O=C(COc1cccc(N2CCCC2=O)c1)NC(C(=O)O)C1CCCOC1. The number of aliphatic carboxylic acids is 1. The lowest BCUT2D eigenvalue weighted by Gasteiger charge is -2.28. The largest absolute Gasteiger partial charge is 0.484 e. The van der Waals surface area contributed by atoms with E-state index in [0.29, 0.717) is 38.3 Å². The van der Waals surface area contributed by atoms with Crippen LogP contribution >= 0.6 is 0 Å². The van der Waals surface area contributed by atoms with Crippen LogP contribution in [-0.4, -0.2) is 55.3 Å². The summed E-state index contributed by atoms with van der Waals surface area (Å²) in [4.78, 5) is 37.2. The third-order valence-electron chi connectivity index (χ3n) is 4.82. The molecule has 8 nitrogen and oxygen atoms in total. The normalized spacial score (nSPS) is 21.0. The number of hydrogen-bond acceptors (Lipinski definition) is 5. The van der Waals surface area contributed by atoms with Crippen molar-refractivity contribution in [2.75, 3.05) is 31.3 Å². The summed E-state index contributed by atoms with van der Waals surface area (Å²) in [5.41, 5.74) is 0.734. The van der Waals surface area contributed by atoms with Gasteiger partial charge in [-0.05, 0) is 31.4 Å².